The lowest BCUT2D eigenvalue weighted by Crippen LogP contribution is -2.44. The van der Waals surface area contributed by atoms with Crippen molar-refractivity contribution in [2.45, 2.75) is 12.0 Å². The number of hydrogen-bond acceptors (Lipinski definition) is 2. The number of fused-ring (bicyclic) bond motifs is 1. The summed E-state index contributed by atoms with van der Waals surface area (Å²) in [5, 5.41) is 12.6. The van der Waals surface area contributed by atoms with Crippen LogP contribution < -0.4 is 5.32 Å². The van der Waals surface area contributed by atoms with E-state index in [1.807, 2.05) is 30.3 Å². The van der Waals surface area contributed by atoms with Gasteiger partial charge in [-0.05, 0) is 17.2 Å². The number of nitrogens with one attached hydrogen (secondary N) is 1. The van der Waals surface area contributed by atoms with E-state index in [4.69, 9.17) is 0 Å². The highest BCUT2D eigenvalue weighted by Gasteiger charge is 2.42. The molecule has 2 N–H and O–H groups in total. The second-order valence-electron chi connectivity index (χ2n) is 5.33. The molecule has 0 aromatic heterocycles. The van der Waals surface area contributed by atoms with Crippen LogP contribution in [0.4, 0.5) is 4.39 Å². The summed E-state index contributed by atoms with van der Waals surface area (Å²) in [4.78, 5) is 12.6. The Bertz CT molecular complexity index is 727. The van der Waals surface area contributed by atoms with Crippen LogP contribution in [0.2, 0.25) is 0 Å². The standard InChI is InChI=1S/C18H16FNO2/c19-16-8-4-7-15-14(16)9-10-18(15,12-21)17(22)20-11-13-5-2-1-3-6-13/h1-10,21H,11-12H2,(H,20,22). The third-order valence-corrected chi connectivity index (χ3v) is 4.02. The molecule has 1 aliphatic carbocycles. The molecule has 0 fully saturated rings. The molecule has 1 atom stereocenters. The molecule has 0 saturated carbocycles. The minimum absolute atomic E-state index is 0.334. The lowest BCUT2D eigenvalue weighted by molar-refractivity contribution is -0.126. The number of benzene rings is 2. The maximum Gasteiger partial charge on any atom is 0.237 e. The summed E-state index contributed by atoms with van der Waals surface area (Å²) >= 11 is 0. The largest absolute Gasteiger partial charge is 0.395 e. The molecule has 0 saturated heterocycles. The highest BCUT2D eigenvalue weighted by Crippen LogP contribution is 2.37. The van der Waals surface area contributed by atoms with Crippen molar-refractivity contribution >= 4 is 12.0 Å². The highest BCUT2D eigenvalue weighted by molar-refractivity contribution is 5.95. The Labute approximate surface area is 128 Å². The van der Waals surface area contributed by atoms with Crippen LogP contribution in [-0.2, 0) is 16.8 Å². The molecule has 2 aromatic rings. The van der Waals surface area contributed by atoms with Gasteiger partial charge < -0.3 is 10.4 Å². The normalized spacial score (nSPS) is 19.0. The van der Waals surface area contributed by atoms with Crippen molar-refractivity contribution in [2.24, 2.45) is 0 Å². The first-order chi connectivity index (χ1) is 10.7. The molecule has 112 valence electrons. The van der Waals surface area contributed by atoms with Crippen LogP contribution in [0.5, 0.6) is 0 Å². The minimum atomic E-state index is -1.22. The van der Waals surface area contributed by atoms with Gasteiger partial charge >= 0.3 is 0 Å². The zero-order valence-electron chi connectivity index (χ0n) is 11.9. The molecular formula is C18H16FNO2. The summed E-state index contributed by atoms with van der Waals surface area (Å²) in [5.74, 6) is -0.723. The third kappa shape index (κ3) is 2.31. The van der Waals surface area contributed by atoms with E-state index in [2.05, 4.69) is 5.32 Å². The van der Waals surface area contributed by atoms with Crippen molar-refractivity contribution in [3.05, 3.63) is 77.1 Å². The zero-order valence-corrected chi connectivity index (χ0v) is 11.9. The molecule has 22 heavy (non-hydrogen) atoms. The van der Waals surface area contributed by atoms with Gasteiger partial charge in [0.2, 0.25) is 5.91 Å². The van der Waals surface area contributed by atoms with E-state index in [9.17, 15) is 14.3 Å². The van der Waals surface area contributed by atoms with Crippen LogP contribution in [0.15, 0.2) is 54.6 Å². The van der Waals surface area contributed by atoms with Crippen molar-refractivity contribution in [3.63, 3.8) is 0 Å². The van der Waals surface area contributed by atoms with Crippen LogP contribution in [0.3, 0.4) is 0 Å². The lowest BCUT2D eigenvalue weighted by atomic mass is 9.82. The zero-order chi connectivity index (χ0) is 15.6. The molecule has 4 heteroatoms. The van der Waals surface area contributed by atoms with Crippen LogP contribution >= 0.6 is 0 Å². The Morgan fingerprint density at radius 2 is 1.91 bits per heavy atom. The molecule has 0 spiro atoms. The first-order valence-corrected chi connectivity index (χ1v) is 7.09. The van der Waals surface area contributed by atoms with E-state index < -0.39 is 12.0 Å². The maximum absolute atomic E-state index is 13.8. The van der Waals surface area contributed by atoms with Crippen molar-refractivity contribution in [1.82, 2.24) is 5.32 Å². The van der Waals surface area contributed by atoms with Gasteiger partial charge in [0.05, 0.1) is 6.61 Å². The second kappa shape index (κ2) is 5.73. The number of carbonyl (C=O) groups excluding carboxylic acids is 1. The third-order valence-electron chi connectivity index (χ3n) is 4.02. The van der Waals surface area contributed by atoms with Crippen LogP contribution in [0, 0.1) is 5.82 Å². The fourth-order valence-electron chi connectivity index (χ4n) is 2.75. The highest BCUT2D eigenvalue weighted by atomic mass is 19.1. The van der Waals surface area contributed by atoms with E-state index in [1.54, 1.807) is 24.3 Å². The van der Waals surface area contributed by atoms with E-state index >= 15 is 0 Å². The Balaban J connectivity index is 1.85. The number of aliphatic hydroxyl groups is 1. The van der Waals surface area contributed by atoms with Gasteiger partial charge in [0.15, 0.2) is 0 Å². The van der Waals surface area contributed by atoms with Gasteiger partial charge in [-0.25, -0.2) is 4.39 Å². The Kier molecular flexibility index (Phi) is 3.77. The minimum Gasteiger partial charge on any atom is -0.395 e. The molecular weight excluding hydrogens is 281 g/mol. The predicted octanol–water partition coefficient (Wildman–Crippen LogP) is 2.40. The van der Waals surface area contributed by atoms with Crippen LogP contribution in [0.1, 0.15) is 16.7 Å². The quantitative estimate of drug-likeness (QED) is 0.910. The van der Waals surface area contributed by atoms with Crippen LogP contribution in [0.25, 0.3) is 6.08 Å². The van der Waals surface area contributed by atoms with Gasteiger partial charge in [-0.1, -0.05) is 54.6 Å². The number of rotatable bonds is 4. The fourth-order valence-corrected chi connectivity index (χ4v) is 2.75. The first-order valence-electron chi connectivity index (χ1n) is 7.09. The molecule has 1 amide bonds. The van der Waals surface area contributed by atoms with Crippen molar-refractivity contribution in [2.75, 3.05) is 6.61 Å². The van der Waals surface area contributed by atoms with E-state index in [0.717, 1.165) is 5.56 Å². The lowest BCUT2D eigenvalue weighted by Gasteiger charge is -2.25. The summed E-state index contributed by atoms with van der Waals surface area (Å²) in [7, 11) is 0. The predicted molar refractivity (Wildman–Crippen MR) is 82.5 cm³/mol. The molecule has 3 nitrogen and oxygen atoms in total. The van der Waals surface area contributed by atoms with E-state index in [0.29, 0.717) is 17.7 Å². The molecule has 1 aliphatic rings. The molecule has 0 aliphatic heterocycles. The smallest absolute Gasteiger partial charge is 0.237 e. The first kappa shape index (κ1) is 14.5. The number of halogens is 1. The summed E-state index contributed by atoms with van der Waals surface area (Å²) in [6.45, 7) is -0.0412. The molecule has 0 radical (unpaired) electrons. The molecule has 1 unspecified atom stereocenters. The van der Waals surface area contributed by atoms with Crippen molar-refractivity contribution in [1.29, 1.82) is 0 Å². The number of aliphatic hydroxyl groups excluding tert-OH is 1. The van der Waals surface area contributed by atoms with E-state index in [1.165, 1.54) is 6.07 Å². The molecule has 3 rings (SSSR count). The van der Waals surface area contributed by atoms with Gasteiger partial charge in [0.1, 0.15) is 11.2 Å². The maximum atomic E-state index is 13.8. The summed E-state index contributed by atoms with van der Waals surface area (Å²) in [6.07, 6.45) is 3.13. The Morgan fingerprint density at radius 3 is 2.64 bits per heavy atom. The number of carbonyl (C=O) groups is 1. The van der Waals surface area contributed by atoms with Gasteiger partial charge in [0, 0.05) is 12.1 Å². The second-order valence-corrected chi connectivity index (χ2v) is 5.33. The molecule has 0 heterocycles. The molecule has 2 aromatic carbocycles. The number of hydrogen-bond donors (Lipinski definition) is 2. The van der Waals surface area contributed by atoms with Crippen molar-refractivity contribution in [3.8, 4) is 0 Å². The van der Waals surface area contributed by atoms with Crippen LogP contribution in [-0.4, -0.2) is 17.6 Å². The average molecular weight is 297 g/mol. The SMILES string of the molecule is O=C(NCc1ccccc1)C1(CO)C=Cc2c(F)cccc21. The summed E-state index contributed by atoms with van der Waals surface area (Å²) < 4.78 is 13.8. The van der Waals surface area contributed by atoms with Gasteiger partial charge in [-0.2, -0.15) is 0 Å². The van der Waals surface area contributed by atoms with Gasteiger partial charge in [0.25, 0.3) is 0 Å². The fraction of sp³-hybridized carbons (Fsp3) is 0.167. The van der Waals surface area contributed by atoms with E-state index in [-0.39, 0.29) is 11.7 Å². The Hall–Kier alpha value is -2.46. The molecule has 0 bridgehead atoms. The summed E-state index contributed by atoms with van der Waals surface area (Å²) in [5.41, 5.74) is 0.615. The monoisotopic (exact) mass is 297 g/mol. The number of amides is 1. The topological polar surface area (TPSA) is 49.3 Å². The van der Waals surface area contributed by atoms with Gasteiger partial charge in [-0.3, -0.25) is 4.79 Å². The summed E-state index contributed by atoms with van der Waals surface area (Å²) in [6, 6.07) is 14.1. The van der Waals surface area contributed by atoms with Gasteiger partial charge in [-0.15, -0.1) is 0 Å². The van der Waals surface area contributed by atoms with Crippen molar-refractivity contribution < 1.29 is 14.3 Å². The Morgan fingerprint density at radius 1 is 1.14 bits per heavy atom. The average Bonchev–Trinajstić information content (AvgIpc) is 2.95.